The van der Waals surface area contributed by atoms with Crippen LogP contribution >= 0.6 is 11.6 Å². The lowest BCUT2D eigenvalue weighted by Gasteiger charge is -2.51. The lowest BCUT2D eigenvalue weighted by Crippen LogP contribution is -2.60. The highest BCUT2D eigenvalue weighted by Crippen LogP contribution is 2.46. The number of carbonyl (C=O) groups excluding carboxylic acids is 2. The van der Waals surface area contributed by atoms with Crippen LogP contribution in [0.3, 0.4) is 0 Å². The molecular weight excluding hydrogens is 424 g/mol. The third-order valence-corrected chi connectivity index (χ3v) is 6.79. The van der Waals surface area contributed by atoms with E-state index in [1.807, 2.05) is 70.2 Å². The van der Waals surface area contributed by atoms with Crippen molar-refractivity contribution >= 4 is 23.4 Å². The van der Waals surface area contributed by atoms with Gasteiger partial charge in [0.05, 0.1) is 12.0 Å². The minimum Gasteiger partial charge on any atom is -0.384 e. The Kier molecular flexibility index (Phi) is 7.31. The Morgan fingerprint density at radius 2 is 1.72 bits per heavy atom. The molecule has 0 radical (unpaired) electrons. The van der Waals surface area contributed by atoms with Crippen molar-refractivity contribution in [2.45, 2.75) is 52.2 Å². The van der Waals surface area contributed by atoms with Gasteiger partial charge in [-0.05, 0) is 35.6 Å². The third kappa shape index (κ3) is 5.16. The van der Waals surface area contributed by atoms with Gasteiger partial charge in [-0.25, -0.2) is 0 Å². The molecule has 1 heterocycles. The van der Waals surface area contributed by atoms with Crippen LogP contribution in [0.25, 0.3) is 0 Å². The van der Waals surface area contributed by atoms with E-state index < -0.39 is 17.1 Å². The second kappa shape index (κ2) is 9.63. The zero-order valence-electron chi connectivity index (χ0n) is 19.3. The minimum atomic E-state index is -1.07. The van der Waals surface area contributed by atoms with Crippen molar-refractivity contribution in [3.05, 3.63) is 70.7 Å². The average Bonchev–Trinajstić information content (AvgIpc) is 2.74. The van der Waals surface area contributed by atoms with Gasteiger partial charge in [-0.1, -0.05) is 81.8 Å². The number of likely N-dealkylation sites (tertiary alicyclic amines) is 1. The molecule has 1 saturated heterocycles. The fourth-order valence-corrected chi connectivity index (χ4v) is 4.61. The fraction of sp³-hybridized carbons (Fsp3) is 0.462. The van der Waals surface area contributed by atoms with Gasteiger partial charge in [0.25, 0.3) is 0 Å². The predicted molar refractivity (Wildman–Crippen MR) is 127 cm³/mol. The van der Waals surface area contributed by atoms with Gasteiger partial charge >= 0.3 is 0 Å². The highest BCUT2D eigenvalue weighted by Gasteiger charge is 2.50. The number of amides is 2. The van der Waals surface area contributed by atoms with E-state index in [9.17, 15) is 14.7 Å². The molecule has 2 aromatic rings. The van der Waals surface area contributed by atoms with Crippen LogP contribution in [0.2, 0.25) is 5.02 Å². The van der Waals surface area contributed by atoms with E-state index in [0.29, 0.717) is 24.5 Å². The Balaban J connectivity index is 1.71. The van der Waals surface area contributed by atoms with Crippen molar-refractivity contribution < 1.29 is 14.7 Å². The van der Waals surface area contributed by atoms with Gasteiger partial charge in [-0.3, -0.25) is 9.59 Å². The third-order valence-electron chi connectivity index (χ3n) is 6.54. The van der Waals surface area contributed by atoms with Crippen molar-refractivity contribution in [2.75, 3.05) is 13.1 Å². The van der Waals surface area contributed by atoms with Crippen LogP contribution in [-0.4, -0.2) is 41.0 Å². The SMILES string of the molecule is CC(C)[C@@H](NC(=O)Cc1ccccc1)C(=O)N1CC[C@](O)(c2ccc(Cl)cc2)C(C)(C)C1. The largest absolute Gasteiger partial charge is 0.384 e. The van der Waals surface area contributed by atoms with Gasteiger partial charge in [0.1, 0.15) is 6.04 Å². The number of hydrogen-bond acceptors (Lipinski definition) is 3. The molecular formula is C26H33ClN2O3. The molecule has 0 saturated carbocycles. The predicted octanol–water partition coefficient (Wildman–Crippen LogP) is 4.17. The maximum Gasteiger partial charge on any atom is 0.245 e. The number of carbonyl (C=O) groups is 2. The van der Waals surface area contributed by atoms with Gasteiger partial charge in [-0.2, -0.15) is 0 Å². The second-order valence-electron chi connectivity index (χ2n) is 9.71. The minimum absolute atomic E-state index is 0.0533. The molecule has 1 aliphatic heterocycles. The summed E-state index contributed by atoms with van der Waals surface area (Å²) in [5, 5.41) is 15.1. The molecule has 0 aliphatic carbocycles. The maximum atomic E-state index is 13.4. The topological polar surface area (TPSA) is 69.6 Å². The zero-order chi connectivity index (χ0) is 23.5. The maximum absolute atomic E-state index is 13.4. The molecule has 0 spiro atoms. The first-order valence-electron chi connectivity index (χ1n) is 11.1. The Morgan fingerprint density at radius 3 is 2.28 bits per heavy atom. The Labute approximate surface area is 195 Å². The molecule has 2 aromatic carbocycles. The summed E-state index contributed by atoms with van der Waals surface area (Å²) in [5.74, 6) is -0.327. The Hall–Kier alpha value is -2.37. The van der Waals surface area contributed by atoms with Crippen molar-refractivity contribution in [1.29, 1.82) is 0 Å². The van der Waals surface area contributed by atoms with Gasteiger partial charge in [0.2, 0.25) is 11.8 Å². The number of hydrogen-bond donors (Lipinski definition) is 2. The lowest BCUT2D eigenvalue weighted by molar-refractivity contribution is -0.156. The molecule has 3 rings (SSSR count). The van der Waals surface area contributed by atoms with Crippen molar-refractivity contribution in [1.82, 2.24) is 10.2 Å². The van der Waals surface area contributed by atoms with E-state index in [1.54, 1.807) is 17.0 Å². The van der Waals surface area contributed by atoms with Crippen molar-refractivity contribution in [3.8, 4) is 0 Å². The first kappa shape index (κ1) is 24.3. The summed E-state index contributed by atoms with van der Waals surface area (Å²) in [6, 6.07) is 16.1. The van der Waals surface area contributed by atoms with Gasteiger partial charge in [0, 0.05) is 23.5 Å². The van der Waals surface area contributed by atoms with E-state index in [4.69, 9.17) is 11.6 Å². The quantitative estimate of drug-likeness (QED) is 0.685. The molecule has 0 bridgehead atoms. The van der Waals surface area contributed by atoms with Crippen LogP contribution in [0.4, 0.5) is 0 Å². The smallest absolute Gasteiger partial charge is 0.245 e. The van der Waals surface area contributed by atoms with Crippen LogP contribution in [0.1, 0.15) is 45.2 Å². The standard InChI is InChI=1S/C26H33ClN2O3/c1-18(2)23(28-22(30)16-19-8-6-5-7-9-19)24(31)29-15-14-26(32,25(3,4)17-29)20-10-12-21(27)13-11-20/h5-13,18,23,32H,14-17H2,1-4H3,(H,28,30)/t23-,26+/m1/s1. The average molecular weight is 457 g/mol. The highest BCUT2D eigenvalue weighted by molar-refractivity contribution is 6.30. The summed E-state index contributed by atoms with van der Waals surface area (Å²) in [5.41, 5.74) is 0.0606. The molecule has 2 N–H and O–H groups in total. The number of benzene rings is 2. The molecule has 6 heteroatoms. The normalized spacial score (nSPS) is 21.3. The Morgan fingerprint density at radius 1 is 1.09 bits per heavy atom. The van der Waals surface area contributed by atoms with E-state index in [-0.39, 0.29) is 24.2 Å². The number of halogens is 1. The first-order valence-corrected chi connectivity index (χ1v) is 11.5. The monoisotopic (exact) mass is 456 g/mol. The van der Waals surface area contributed by atoms with Crippen LogP contribution in [0.15, 0.2) is 54.6 Å². The van der Waals surface area contributed by atoms with Gasteiger partial charge in [0.15, 0.2) is 0 Å². The van der Waals surface area contributed by atoms with Crippen molar-refractivity contribution in [3.63, 3.8) is 0 Å². The fourth-order valence-electron chi connectivity index (χ4n) is 4.49. The van der Waals surface area contributed by atoms with Crippen molar-refractivity contribution in [2.24, 2.45) is 11.3 Å². The molecule has 1 fully saturated rings. The molecule has 2 atom stereocenters. The van der Waals surface area contributed by atoms with Crippen LogP contribution < -0.4 is 5.32 Å². The van der Waals surface area contributed by atoms with E-state index in [1.165, 1.54) is 0 Å². The number of nitrogens with one attached hydrogen (secondary N) is 1. The summed E-state index contributed by atoms with van der Waals surface area (Å²) in [7, 11) is 0. The Bertz CT molecular complexity index is 943. The van der Waals surface area contributed by atoms with Crippen LogP contribution in [-0.2, 0) is 21.6 Å². The van der Waals surface area contributed by atoms with Crippen LogP contribution in [0.5, 0.6) is 0 Å². The first-order chi connectivity index (χ1) is 15.0. The summed E-state index contributed by atoms with van der Waals surface area (Å²) < 4.78 is 0. The molecule has 5 nitrogen and oxygen atoms in total. The van der Waals surface area contributed by atoms with E-state index in [2.05, 4.69) is 5.32 Å². The van der Waals surface area contributed by atoms with E-state index in [0.717, 1.165) is 11.1 Å². The molecule has 172 valence electrons. The molecule has 2 amide bonds. The second-order valence-corrected chi connectivity index (χ2v) is 10.1. The molecule has 0 unspecified atom stereocenters. The van der Waals surface area contributed by atoms with Gasteiger partial charge < -0.3 is 15.3 Å². The number of rotatable bonds is 6. The number of piperidine rings is 1. The summed E-state index contributed by atoms with van der Waals surface area (Å²) in [6.45, 7) is 8.62. The summed E-state index contributed by atoms with van der Waals surface area (Å²) >= 11 is 6.02. The summed E-state index contributed by atoms with van der Waals surface area (Å²) in [4.78, 5) is 27.8. The zero-order valence-corrected chi connectivity index (χ0v) is 20.0. The summed E-state index contributed by atoms with van der Waals surface area (Å²) in [6.07, 6.45) is 0.648. The van der Waals surface area contributed by atoms with Crippen LogP contribution in [0, 0.1) is 11.3 Å². The van der Waals surface area contributed by atoms with E-state index >= 15 is 0 Å². The van der Waals surface area contributed by atoms with Gasteiger partial charge in [-0.15, -0.1) is 0 Å². The molecule has 32 heavy (non-hydrogen) atoms. The lowest BCUT2D eigenvalue weighted by atomic mass is 9.66. The number of aliphatic hydroxyl groups is 1. The number of nitrogens with zero attached hydrogens (tertiary/aromatic N) is 1. The molecule has 1 aliphatic rings. The molecule has 0 aromatic heterocycles. The highest BCUT2D eigenvalue weighted by atomic mass is 35.5.